The summed E-state index contributed by atoms with van der Waals surface area (Å²) in [5.41, 5.74) is 2.05. The standard InChI is InChI=1S/C22H29BrN4O3S/c1-5-8-12-31-22-25-21-24-14(4)18(20(28)30-11-6-2)19(27(21)26-22)16-13-15(23)9-10-17(16)29-7-3/h9-10,13,19H,5-8,11-12H2,1-4H3,(H,24,25,26). The summed E-state index contributed by atoms with van der Waals surface area (Å²) < 4.78 is 14.1. The van der Waals surface area contributed by atoms with Crippen molar-refractivity contribution in [2.24, 2.45) is 0 Å². The van der Waals surface area contributed by atoms with Crippen molar-refractivity contribution in [2.45, 2.75) is 58.2 Å². The molecule has 3 rings (SSSR count). The molecule has 2 aromatic rings. The smallest absolute Gasteiger partial charge is 0.338 e. The molecule has 1 aliphatic heterocycles. The fraction of sp³-hybridized carbons (Fsp3) is 0.500. The summed E-state index contributed by atoms with van der Waals surface area (Å²) in [5, 5.41) is 8.68. The Kier molecular flexibility index (Phi) is 8.43. The maximum absolute atomic E-state index is 13.1. The SMILES string of the molecule is CCCCSc1nc2n(n1)C(c1cc(Br)ccc1OCC)C(C(=O)OCCC)=C(C)N2. The van der Waals surface area contributed by atoms with Crippen molar-refractivity contribution >= 4 is 39.6 Å². The largest absolute Gasteiger partial charge is 0.494 e. The number of ether oxygens (including phenoxy) is 2. The molecule has 1 aromatic heterocycles. The molecule has 168 valence electrons. The maximum Gasteiger partial charge on any atom is 0.338 e. The van der Waals surface area contributed by atoms with Crippen LogP contribution in [0.15, 0.2) is 39.1 Å². The first-order valence-corrected chi connectivity index (χ1v) is 12.4. The van der Waals surface area contributed by atoms with E-state index in [0.29, 0.717) is 41.3 Å². The average Bonchev–Trinajstić information content (AvgIpc) is 3.15. The molecule has 0 radical (unpaired) electrons. The first kappa shape index (κ1) is 23.7. The Morgan fingerprint density at radius 2 is 2.10 bits per heavy atom. The molecule has 0 spiro atoms. The van der Waals surface area contributed by atoms with Gasteiger partial charge in [-0.1, -0.05) is 48.0 Å². The third kappa shape index (κ3) is 5.44. The lowest BCUT2D eigenvalue weighted by Gasteiger charge is -2.29. The van der Waals surface area contributed by atoms with E-state index < -0.39 is 6.04 Å². The molecule has 0 bridgehead atoms. The third-order valence-corrected chi connectivity index (χ3v) is 6.20. The van der Waals surface area contributed by atoms with Crippen molar-refractivity contribution in [1.82, 2.24) is 14.8 Å². The molecule has 31 heavy (non-hydrogen) atoms. The van der Waals surface area contributed by atoms with Crippen molar-refractivity contribution in [2.75, 3.05) is 24.3 Å². The number of hydrogen-bond acceptors (Lipinski definition) is 7. The van der Waals surface area contributed by atoms with E-state index in [0.717, 1.165) is 35.1 Å². The lowest BCUT2D eigenvalue weighted by Crippen LogP contribution is -2.30. The minimum atomic E-state index is -0.507. The molecule has 1 atom stereocenters. The van der Waals surface area contributed by atoms with Gasteiger partial charge in [-0.2, -0.15) is 4.98 Å². The van der Waals surface area contributed by atoms with Crippen LogP contribution in [0.4, 0.5) is 5.95 Å². The van der Waals surface area contributed by atoms with Gasteiger partial charge in [-0.3, -0.25) is 0 Å². The van der Waals surface area contributed by atoms with Gasteiger partial charge in [0.2, 0.25) is 11.1 Å². The van der Waals surface area contributed by atoms with Gasteiger partial charge in [0.05, 0.1) is 18.8 Å². The Morgan fingerprint density at radius 3 is 2.81 bits per heavy atom. The Hall–Kier alpha value is -2.00. The van der Waals surface area contributed by atoms with E-state index in [9.17, 15) is 4.79 Å². The van der Waals surface area contributed by atoms with Gasteiger partial charge in [0.1, 0.15) is 11.8 Å². The molecule has 0 saturated heterocycles. The zero-order valence-electron chi connectivity index (χ0n) is 18.4. The summed E-state index contributed by atoms with van der Waals surface area (Å²) in [6.45, 7) is 8.82. The number of esters is 1. The first-order chi connectivity index (χ1) is 15.0. The van der Waals surface area contributed by atoms with Crippen LogP contribution in [0.5, 0.6) is 5.75 Å². The van der Waals surface area contributed by atoms with Crippen LogP contribution < -0.4 is 10.1 Å². The van der Waals surface area contributed by atoms with E-state index in [1.807, 2.05) is 39.0 Å². The van der Waals surface area contributed by atoms with E-state index in [1.54, 1.807) is 16.4 Å². The van der Waals surface area contributed by atoms with E-state index in [-0.39, 0.29) is 5.97 Å². The highest BCUT2D eigenvalue weighted by atomic mass is 79.9. The Labute approximate surface area is 196 Å². The Bertz CT molecular complexity index is 960. The van der Waals surface area contributed by atoms with E-state index >= 15 is 0 Å². The van der Waals surface area contributed by atoms with Crippen LogP contribution in [-0.2, 0) is 9.53 Å². The quantitative estimate of drug-likeness (QED) is 0.255. The molecule has 0 aliphatic carbocycles. The molecule has 1 aliphatic rings. The van der Waals surface area contributed by atoms with Crippen molar-refractivity contribution < 1.29 is 14.3 Å². The average molecular weight is 509 g/mol. The van der Waals surface area contributed by atoms with Gasteiger partial charge in [0.25, 0.3) is 0 Å². The lowest BCUT2D eigenvalue weighted by atomic mass is 9.95. The van der Waals surface area contributed by atoms with Crippen LogP contribution >= 0.6 is 27.7 Å². The van der Waals surface area contributed by atoms with Crippen LogP contribution in [0.25, 0.3) is 0 Å². The van der Waals surface area contributed by atoms with Crippen LogP contribution in [0.2, 0.25) is 0 Å². The highest BCUT2D eigenvalue weighted by Crippen LogP contribution is 2.41. The van der Waals surface area contributed by atoms with Crippen molar-refractivity contribution in [1.29, 1.82) is 0 Å². The molecule has 1 N–H and O–H groups in total. The van der Waals surface area contributed by atoms with Gasteiger partial charge in [-0.15, -0.1) is 5.10 Å². The van der Waals surface area contributed by atoms with E-state index in [2.05, 4.69) is 33.2 Å². The lowest BCUT2D eigenvalue weighted by molar-refractivity contribution is -0.139. The van der Waals surface area contributed by atoms with Crippen LogP contribution in [0, 0.1) is 0 Å². The van der Waals surface area contributed by atoms with Crippen molar-refractivity contribution in [3.05, 3.63) is 39.5 Å². The van der Waals surface area contributed by atoms with Gasteiger partial charge < -0.3 is 14.8 Å². The number of hydrogen-bond donors (Lipinski definition) is 1. The number of nitrogens with one attached hydrogen (secondary N) is 1. The number of allylic oxidation sites excluding steroid dienone is 1. The predicted octanol–water partition coefficient (Wildman–Crippen LogP) is 5.57. The molecule has 1 unspecified atom stereocenters. The number of carbonyl (C=O) groups is 1. The molecule has 2 heterocycles. The number of fused-ring (bicyclic) bond motifs is 1. The van der Waals surface area contributed by atoms with Gasteiger partial charge in [0, 0.05) is 21.5 Å². The minimum absolute atomic E-state index is 0.361. The van der Waals surface area contributed by atoms with Gasteiger partial charge in [0.15, 0.2) is 0 Å². The molecule has 9 heteroatoms. The molecular formula is C22H29BrN4O3S. The number of anilines is 1. The molecule has 7 nitrogen and oxygen atoms in total. The number of nitrogens with zero attached hydrogens (tertiary/aromatic N) is 3. The summed E-state index contributed by atoms with van der Waals surface area (Å²) in [5.74, 6) is 1.90. The van der Waals surface area contributed by atoms with Crippen LogP contribution in [0.1, 0.15) is 58.6 Å². The molecule has 0 amide bonds. The van der Waals surface area contributed by atoms with Crippen LogP contribution in [-0.4, -0.2) is 39.7 Å². The summed E-state index contributed by atoms with van der Waals surface area (Å²) >= 11 is 5.18. The fourth-order valence-corrected chi connectivity index (χ4v) is 4.64. The number of halogens is 1. The second-order valence-corrected chi connectivity index (χ2v) is 9.16. The third-order valence-electron chi connectivity index (χ3n) is 4.79. The van der Waals surface area contributed by atoms with Crippen molar-refractivity contribution in [3.63, 3.8) is 0 Å². The second-order valence-electron chi connectivity index (χ2n) is 7.18. The first-order valence-electron chi connectivity index (χ1n) is 10.7. The predicted molar refractivity (Wildman–Crippen MR) is 127 cm³/mol. The van der Waals surface area contributed by atoms with Crippen LogP contribution in [0.3, 0.4) is 0 Å². The number of carbonyl (C=O) groups excluding carboxylic acids is 1. The molecule has 1 aromatic carbocycles. The Morgan fingerprint density at radius 1 is 1.29 bits per heavy atom. The zero-order chi connectivity index (χ0) is 22.4. The summed E-state index contributed by atoms with van der Waals surface area (Å²) in [6, 6.07) is 5.29. The number of benzene rings is 1. The van der Waals surface area contributed by atoms with Crippen molar-refractivity contribution in [3.8, 4) is 5.75 Å². The molecule has 0 saturated carbocycles. The number of unbranched alkanes of at least 4 members (excludes halogenated alkanes) is 1. The highest BCUT2D eigenvalue weighted by molar-refractivity contribution is 9.10. The molecular weight excluding hydrogens is 480 g/mol. The Balaban J connectivity index is 2.11. The number of aromatic nitrogens is 3. The molecule has 0 fully saturated rings. The van der Waals surface area contributed by atoms with Gasteiger partial charge in [-0.25, -0.2) is 9.48 Å². The zero-order valence-corrected chi connectivity index (χ0v) is 20.8. The number of rotatable bonds is 10. The normalized spacial score (nSPS) is 15.5. The van der Waals surface area contributed by atoms with E-state index in [4.69, 9.17) is 14.6 Å². The summed E-state index contributed by atoms with van der Waals surface area (Å²) in [6.07, 6.45) is 2.96. The highest BCUT2D eigenvalue weighted by Gasteiger charge is 2.37. The van der Waals surface area contributed by atoms with Gasteiger partial charge >= 0.3 is 5.97 Å². The van der Waals surface area contributed by atoms with E-state index in [1.165, 1.54) is 0 Å². The monoisotopic (exact) mass is 508 g/mol. The minimum Gasteiger partial charge on any atom is -0.494 e. The summed E-state index contributed by atoms with van der Waals surface area (Å²) in [7, 11) is 0. The summed E-state index contributed by atoms with van der Waals surface area (Å²) in [4.78, 5) is 17.8. The maximum atomic E-state index is 13.1. The topological polar surface area (TPSA) is 78.3 Å². The second kappa shape index (κ2) is 11.0. The van der Waals surface area contributed by atoms with Gasteiger partial charge in [-0.05, 0) is 44.9 Å². The fourth-order valence-electron chi connectivity index (χ4n) is 3.34. The number of thioether (sulfide) groups is 1.